The topological polar surface area (TPSA) is 85.6 Å². The standard InChI is InChI=1S/C30H23ClFNO5S/c31-23-12-14-26-25(17-23)22(11-16-28(34)35)18-33(26)39(36,37)30-24(21-9-5-2-6-10-21)13-15-27(29(30)32)38-19-20-7-3-1-4-8-20/h1-10,12-15,17-18H,11,16,19H2,(H,34,35). The van der Waals surface area contributed by atoms with E-state index in [0.717, 1.165) is 9.54 Å². The zero-order valence-corrected chi connectivity index (χ0v) is 22.1. The summed E-state index contributed by atoms with van der Waals surface area (Å²) in [5.74, 6) is -2.25. The third-order valence-corrected chi connectivity index (χ3v) is 8.29. The zero-order chi connectivity index (χ0) is 27.6. The molecule has 0 atom stereocenters. The van der Waals surface area contributed by atoms with Crippen LogP contribution in [0.3, 0.4) is 0 Å². The molecule has 0 aliphatic rings. The van der Waals surface area contributed by atoms with Gasteiger partial charge in [-0.05, 0) is 53.4 Å². The molecule has 9 heteroatoms. The van der Waals surface area contributed by atoms with Crippen molar-refractivity contribution in [3.63, 3.8) is 0 Å². The van der Waals surface area contributed by atoms with Gasteiger partial charge in [-0.1, -0.05) is 72.3 Å². The van der Waals surface area contributed by atoms with Crippen LogP contribution in [0.15, 0.2) is 102 Å². The summed E-state index contributed by atoms with van der Waals surface area (Å²) in [6.45, 7) is 0.0478. The Morgan fingerprint density at radius 1 is 0.949 bits per heavy atom. The summed E-state index contributed by atoms with van der Waals surface area (Å²) in [4.78, 5) is 10.7. The predicted molar refractivity (Wildman–Crippen MR) is 148 cm³/mol. The van der Waals surface area contributed by atoms with Gasteiger partial charge in [0.05, 0.1) is 5.52 Å². The maximum absolute atomic E-state index is 16.2. The van der Waals surface area contributed by atoms with Gasteiger partial charge >= 0.3 is 5.97 Å². The summed E-state index contributed by atoms with van der Waals surface area (Å²) >= 11 is 6.18. The second-order valence-corrected chi connectivity index (χ2v) is 11.1. The number of halogens is 2. The van der Waals surface area contributed by atoms with E-state index < -0.39 is 26.7 Å². The summed E-state index contributed by atoms with van der Waals surface area (Å²) in [6.07, 6.45) is 1.20. The van der Waals surface area contributed by atoms with Gasteiger partial charge in [0.2, 0.25) is 0 Å². The summed E-state index contributed by atoms with van der Waals surface area (Å²) in [6, 6.07) is 25.4. The quantitative estimate of drug-likeness (QED) is 0.210. The van der Waals surface area contributed by atoms with E-state index in [4.69, 9.17) is 16.3 Å². The third-order valence-electron chi connectivity index (χ3n) is 6.32. The van der Waals surface area contributed by atoms with Crippen LogP contribution in [0.1, 0.15) is 17.5 Å². The number of aliphatic carboxylic acids is 1. The Labute approximate surface area is 229 Å². The minimum Gasteiger partial charge on any atom is -0.486 e. The SMILES string of the molecule is O=C(O)CCc1cn(S(=O)(=O)c2c(-c3ccccc3)ccc(OCc3ccccc3)c2F)c2ccc(Cl)cc12. The molecule has 1 aromatic heterocycles. The Kier molecular flexibility index (Phi) is 7.41. The number of nitrogens with zero attached hydrogens (tertiary/aromatic N) is 1. The molecule has 198 valence electrons. The number of carboxylic acid groups (broad SMARTS) is 1. The molecule has 0 amide bonds. The highest BCUT2D eigenvalue weighted by Crippen LogP contribution is 2.38. The maximum atomic E-state index is 16.2. The van der Waals surface area contributed by atoms with E-state index >= 15 is 4.39 Å². The van der Waals surface area contributed by atoms with Crippen molar-refractivity contribution in [1.29, 1.82) is 0 Å². The van der Waals surface area contributed by atoms with Gasteiger partial charge in [-0.2, -0.15) is 0 Å². The summed E-state index contributed by atoms with van der Waals surface area (Å²) in [5.41, 5.74) is 2.20. The highest BCUT2D eigenvalue weighted by Gasteiger charge is 2.30. The predicted octanol–water partition coefficient (Wildman–Crippen LogP) is 6.93. The van der Waals surface area contributed by atoms with E-state index in [0.29, 0.717) is 21.5 Å². The van der Waals surface area contributed by atoms with Crippen LogP contribution >= 0.6 is 11.6 Å². The number of aromatic nitrogens is 1. The molecule has 0 bridgehead atoms. The van der Waals surface area contributed by atoms with E-state index in [1.54, 1.807) is 36.4 Å². The van der Waals surface area contributed by atoms with Gasteiger partial charge in [0, 0.05) is 28.6 Å². The minimum atomic E-state index is -4.54. The second-order valence-electron chi connectivity index (χ2n) is 8.91. The van der Waals surface area contributed by atoms with Crippen molar-refractivity contribution in [3.05, 3.63) is 119 Å². The molecule has 0 unspecified atom stereocenters. The third kappa shape index (κ3) is 5.39. The van der Waals surface area contributed by atoms with E-state index in [2.05, 4.69) is 0 Å². The molecule has 4 aromatic carbocycles. The highest BCUT2D eigenvalue weighted by atomic mass is 35.5. The average Bonchev–Trinajstić information content (AvgIpc) is 3.30. The van der Waals surface area contributed by atoms with Crippen molar-refractivity contribution < 1.29 is 27.4 Å². The molecule has 1 N–H and O–H groups in total. The normalized spacial score (nSPS) is 11.5. The smallest absolute Gasteiger partial charge is 0.303 e. The van der Waals surface area contributed by atoms with E-state index in [1.165, 1.54) is 30.5 Å². The van der Waals surface area contributed by atoms with Crippen molar-refractivity contribution in [1.82, 2.24) is 3.97 Å². The number of ether oxygens (including phenoxy) is 1. The maximum Gasteiger partial charge on any atom is 0.303 e. The first-order valence-corrected chi connectivity index (χ1v) is 13.9. The first kappa shape index (κ1) is 26.5. The van der Waals surface area contributed by atoms with Crippen LogP contribution in [0.4, 0.5) is 4.39 Å². The molecule has 0 fully saturated rings. The van der Waals surface area contributed by atoms with Crippen molar-refractivity contribution >= 4 is 38.5 Å². The fraction of sp³-hybridized carbons (Fsp3) is 0.100. The lowest BCUT2D eigenvalue weighted by Gasteiger charge is -2.16. The number of hydrogen-bond acceptors (Lipinski definition) is 4. The number of aryl methyl sites for hydroxylation is 1. The van der Waals surface area contributed by atoms with Gasteiger partial charge < -0.3 is 9.84 Å². The Morgan fingerprint density at radius 3 is 2.33 bits per heavy atom. The zero-order valence-electron chi connectivity index (χ0n) is 20.6. The van der Waals surface area contributed by atoms with Crippen LogP contribution in [0, 0.1) is 5.82 Å². The summed E-state index contributed by atoms with van der Waals surface area (Å²) < 4.78 is 51.4. The van der Waals surface area contributed by atoms with E-state index in [1.807, 2.05) is 30.3 Å². The van der Waals surface area contributed by atoms with Crippen LogP contribution in [-0.2, 0) is 27.8 Å². The first-order chi connectivity index (χ1) is 18.8. The number of carbonyl (C=O) groups is 1. The Hall–Kier alpha value is -4.14. The number of fused-ring (bicyclic) bond motifs is 1. The molecule has 0 spiro atoms. The molecule has 6 nitrogen and oxygen atoms in total. The molecular formula is C30H23ClFNO5S. The van der Waals surface area contributed by atoms with Crippen molar-refractivity contribution in [2.45, 2.75) is 24.3 Å². The number of rotatable bonds is 9. The van der Waals surface area contributed by atoms with Gasteiger partial charge in [0.25, 0.3) is 10.0 Å². The average molecular weight is 564 g/mol. The van der Waals surface area contributed by atoms with Gasteiger partial charge in [-0.3, -0.25) is 4.79 Å². The summed E-state index contributed by atoms with van der Waals surface area (Å²) in [5, 5.41) is 10.0. The van der Waals surface area contributed by atoms with Crippen molar-refractivity contribution in [2.75, 3.05) is 0 Å². The van der Waals surface area contributed by atoms with Crippen LogP contribution < -0.4 is 4.74 Å². The molecule has 5 rings (SSSR count). The Morgan fingerprint density at radius 2 is 1.64 bits per heavy atom. The fourth-order valence-electron chi connectivity index (χ4n) is 4.46. The molecule has 0 aliphatic heterocycles. The summed E-state index contributed by atoms with van der Waals surface area (Å²) in [7, 11) is -4.54. The van der Waals surface area contributed by atoms with Gasteiger partial charge in [0.1, 0.15) is 11.5 Å². The molecule has 5 aromatic rings. The first-order valence-electron chi connectivity index (χ1n) is 12.1. The fourth-order valence-corrected chi connectivity index (χ4v) is 6.30. The largest absolute Gasteiger partial charge is 0.486 e. The lowest BCUT2D eigenvalue weighted by atomic mass is 10.1. The van der Waals surface area contributed by atoms with Gasteiger partial charge in [-0.25, -0.2) is 16.8 Å². The van der Waals surface area contributed by atoms with E-state index in [9.17, 15) is 18.3 Å². The van der Waals surface area contributed by atoms with Gasteiger partial charge in [0.15, 0.2) is 11.6 Å². The Bertz CT molecular complexity index is 1770. The van der Waals surface area contributed by atoms with Crippen molar-refractivity contribution in [3.8, 4) is 16.9 Å². The molecular weight excluding hydrogens is 541 g/mol. The lowest BCUT2D eigenvalue weighted by Crippen LogP contribution is -2.16. The van der Waals surface area contributed by atoms with Gasteiger partial charge in [-0.15, -0.1) is 0 Å². The van der Waals surface area contributed by atoms with Crippen LogP contribution in [0.25, 0.3) is 22.0 Å². The molecule has 0 saturated heterocycles. The molecule has 39 heavy (non-hydrogen) atoms. The number of hydrogen-bond donors (Lipinski definition) is 1. The number of carboxylic acids is 1. The van der Waals surface area contributed by atoms with E-state index in [-0.39, 0.29) is 36.3 Å². The lowest BCUT2D eigenvalue weighted by molar-refractivity contribution is -0.136. The monoisotopic (exact) mass is 563 g/mol. The van der Waals surface area contributed by atoms with Crippen LogP contribution in [0.2, 0.25) is 5.02 Å². The number of benzene rings is 4. The second kappa shape index (κ2) is 10.9. The highest BCUT2D eigenvalue weighted by molar-refractivity contribution is 7.90. The van der Waals surface area contributed by atoms with Crippen LogP contribution in [-0.4, -0.2) is 23.5 Å². The molecule has 0 aliphatic carbocycles. The van der Waals surface area contributed by atoms with Crippen molar-refractivity contribution in [2.24, 2.45) is 0 Å². The Balaban J connectivity index is 1.69. The molecule has 1 heterocycles. The molecule has 0 radical (unpaired) electrons. The molecule has 0 saturated carbocycles. The van der Waals surface area contributed by atoms with Crippen LogP contribution in [0.5, 0.6) is 5.75 Å². The minimum absolute atomic E-state index is 0.0478.